The molecule has 3 aromatic rings. The Labute approximate surface area is 195 Å². The second-order valence-electron chi connectivity index (χ2n) is 6.63. The summed E-state index contributed by atoms with van der Waals surface area (Å²) >= 11 is 8.15. The molecule has 0 unspecified atom stereocenters. The first kappa shape index (κ1) is 23.7. The van der Waals surface area contributed by atoms with Gasteiger partial charge in [-0.05, 0) is 66.3 Å². The molecule has 0 atom stereocenters. The zero-order valence-electron chi connectivity index (χ0n) is 16.3. The van der Waals surface area contributed by atoms with Gasteiger partial charge >= 0.3 is 6.18 Å². The van der Waals surface area contributed by atoms with E-state index in [1.807, 2.05) is 0 Å². The lowest BCUT2D eigenvalue weighted by Gasteiger charge is -2.13. The second-order valence-corrected chi connectivity index (χ2v) is 7.89. The maximum Gasteiger partial charge on any atom is 0.417 e. The van der Waals surface area contributed by atoms with E-state index < -0.39 is 23.5 Å². The molecule has 0 radical (unpaired) electrons. The summed E-state index contributed by atoms with van der Waals surface area (Å²) in [7, 11) is 0. The van der Waals surface area contributed by atoms with Crippen molar-refractivity contribution in [3.63, 3.8) is 0 Å². The van der Waals surface area contributed by atoms with Gasteiger partial charge < -0.3 is 16.0 Å². The third-order valence-electron chi connectivity index (χ3n) is 4.31. The number of halogens is 5. The van der Waals surface area contributed by atoms with E-state index in [4.69, 9.17) is 12.2 Å². The lowest BCUT2D eigenvalue weighted by Crippen LogP contribution is -2.27. The lowest BCUT2D eigenvalue weighted by molar-refractivity contribution is -0.138. The fraction of sp³-hybridized carbons (Fsp3) is 0.0909. The molecule has 0 aromatic heterocycles. The van der Waals surface area contributed by atoms with Gasteiger partial charge in [-0.25, -0.2) is 4.39 Å². The molecule has 166 valence electrons. The van der Waals surface area contributed by atoms with Crippen molar-refractivity contribution in [2.45, 2.75) is 12.7 Å². The zero-order chi connectivity index (χ0) is 23.3. The van der Waals surface area contributed by atoms with Gasteiger partial charge in [-0.1, -0.05) is 34.1 Å². The van der Waals surface area contributed by atoms with Crippen LogP contribution >= 0.6 is 28.1 Å². The first-order valence-electron chi connectivity index (χ1n) is 9.20. The largest absolute Gasteiger partial charge is 0.417 e. The number of anilines is 2. The van der Waals surface area contributed by atoms with Crippen LogP contribution in [0.25, 0.3) is 0 Å². The van der Waals surface area contributed by atoms with Crippen molar-refractivity contribution in [2.24, 2.45) is 0 Å². The summed E-state index contributed by atoms with van der Waals surface area (Å²) in [6.45, 7) is 0.222. The van der Waals surface area contributed by atoms with Crippen LogP contribution in [0, 0.1) is 5.82 Å². The topological polar surface area (TPSA) is 53.2 Å². The van der Waals surface area contributed by atoms with E-state index in [1.165, 1.54) is 30.3 Å². The molecule has 1 amide bonds. The SMILES string of the molecule is O=C(Nc1ccc(NC(=S)NCc2ccc(C(F)(F)F)c(Br)c2)cc1)c1ccccc1F. The number of carbonyl (C=O) groups excluding carboxylic acids is 1. The van der Waals surface area contributed by atoms with Crippen molar-refractivity contribution in [1.82, 2.24) is 5.32 Å². The number of hydrogen-bond acceptors (Lipinski definition) is 2. The number of thiocarbonyl (C=S) groups is 1. The monoisotopic (exact) mass is 525 g/mol. The zero-order valence-corrected chi connectivity index (χ0v) is 18.7. The van der Waals surface area contributed by atoms with Crippen molar-refractivity contribution in [2.75, 3.05) is 10.6 Å². The van der Waals surface area contributed by atoms with Crippen molar-refractivity contribution >= 4 is 50.5 Å². The van der Waals surface area contributed by atoms with Crippen molar-refractivity contribution < 1.29 is 22.4 Å². The average Bonchev–Trinajstić information content (AvgIpc) is 2.73. The number of alkyl halides is 3. The Morgan fingerprint density at radius 1 is 0.938 bits per heavy atom. The summed E-state index contributed by atoms with van der Waals surface area (Å²) in [6.07, 6.45) is -4.43. The van der Waals surface area contributed by atoms with Crippen molar-refractivity contribution in [3.05, 3.63) is 93.7 Å². The summed E-state index contributed by atoms with van der Waals surface area (Å²) in [5, 5.41) is 8.73. The predicted octanol–water partition coefficient (Wildman–Crippen LogP) is 6.35. The standard InChI is InChI=1S/C22H16BrF4N3OS/c23-18-11-13(5-10-17(18)22(25,26)27)12-28-21(32)30-15-8-6-14(7-9-15)29-20(31)16-3-1-2-4-19(16)24/h1-11H,12H2,(H,29,31)(H2,28,30,32). The Balaban J connectivity index is 1.53. The van der Waals surface area contributed by atoms with Crippen LogP contribution in [0.15, 0.2) is 71.2 Å². The van der Waals surface area contributed by atoms with E-state index in [0.29, 0.717) is 16.9 Å². The quantitative estimate of drug-likeness (QED) is 0.268. The van der Waals surface area contributed by atoms with Gasteiger partial charge in [0.05, 0.1) is 11.1 Å². The van der Waals surface area contributed by atoms with Crippen LogP contribution in [-0.4, -0.2) is 11.0 Å². The van der Waals surface area contributed by atoms with Crippen LogP contribution < -0.4 is 16.0 Å². The number of nitrogens with one attached hydrogen (secondary N) is 3. The Bertz CT molecular complexity index is 1140. The highest BCUT2D eigenvalue weighted by Gasteiger charge is 2.32. The molecule has 0 spiro atoms. The molecule has 3 aromatic carbocycles. The molecule has 3 rings (SSSR count). The number of carbonyl (C=O) groups is 1. The maximum atomic E-state index is 13.7. The second kappa shape index (κ2) is 10.1. The van der Waals surface area contributed by atoms with Crippen LogP contribution in [0.3, 0.4) is 0 Å². The lowest BCUT2D eigenvalue weighted by atomic mass is 10.1. The van der Waals surface area contributed by atoms with E-state index in [9.17, 15) is 22.4 Å². The summed E-state index contributed by atoms with van der Waals surface area (Å²) in [6, 6.07) is 16.0. The predicted molar refractivity (Wildman–Crippen MR) is 123 cm³/mol. The van der Waals surface area contributed by atoms with Gasteiger partial charge in [0.1, 0.15) is 5.82 Å². The number of benzene rings is 3. The summed E-state index contributed by atoms with van der Waals surface area (Å²) in [5.41, 5.74) is 0.900. The molecular weight excluding hydrogens is 510 g/mol. The molecule has 32 heavy (non-hydrogen) atoms. The first-order valence-corrected chi connectivity index (χ1v) is 10.4. The minimum atomic E-state index is -4.43. The van der Waals surface area contributed by atoms with Crippen molar-refractivity contribution in [1.29, 1.82) is 0 Å². The van der Waals surface area contributed by atoms with Gasteiger partial charge in [-0.3, -0.25) is 4.79 Å². The van der Waals surface area contributed by atoms with Crippen LogP contribution in [0.5, 0.6) is 0 Å². The summed E-state index contributed by atoms with van der Waals surface area (Å²) in [5.74, 6) is -1.18. The minimum Gasteiger partial charge on any atom is -0.358 e. The summed E-state index contributed by atoms with van der Waals surface area (Å²) < 4.78 is 52.1. The van der Waals surface area contributed by atoms with E-state index in [2.05, 4.69) is 31.9 Å². The molecule has 10 heteroatoms. The smallest absolute Gasteiger partial charge is 0.358 e. The molecule has 0 aliphatic rings. The van der Waals surface area contributed by atoms with Gasteiger partial charge in [0.15, 0.2) is 5.11 Å². The molecule has 0 saturated carbocycles. The van der Waals surface area contributed by atoms with E-state index in [1.54, 1.807) is 30.3 Å². The Morgan fingerprint density at radius 2 is 1.56 bits per heavy atom. The minimum absolute atomic E-state index is 0.0452. The van der Waals surface area contributed by atoms with Gasteiger partial charge in [-0.15, -0.1) is 0 Å². The fourth-order valence-electron chi connectivity index (χ4n) is 2.74. The van der Waals surface area contributed by atoms with Gasteiger partial charge in [0.2, 0.25) is 0 Å². The fourth-order valence-corrected chi connectivity index (χ4v) is 3.58. The highest BCUT2D eigenvalue weighted by atomic mass is 79.9. The molecule has 3 N–H and O–H groups in total. The third-order valence-corrected chi connectivity index (χ3v) is 5.21. The van der Waals surface area contributed by atoms with E-state index >= 15 is 0 Å². The molecule has 4 nitrogen and oxygen atoms in total. The number of hydrogen-bond donors (Lipinski definition) is 3. The van der Waals surface area contributed by atoms with Gasteiger partial charge in [0.25, 0.3) is 5.91 Å². The molecule has 0 heterocycles. The molecular formula is C22H16BrF4N3OS. The molecule has 0 saturated heterocycles. The Kier molecular flexibility index (Phi) is 7.47. The normalized spacial score (nSPS) is 11.0. The third kappa shape index (κ3) is 6.27. The van der Waals surface area contributed by atoms with Crippen LogP contribution in [0.1, 0.15) is 21.5 Å². The highest BCUT2D eigenvalue weighted by molar-refractivity contribution is 9.10. The Morgan fingerprint density at radius 3 is 2.16 bits per heavy atom. The average molecular weight is 526 g/mol. The Hall–Kier alpha value is -2.98. The maximum absolute atomic E-state index is 13.7. The summed E-state index contributed by atoms with van der Waals surface area (Å²) in [4.78, 5) is 12.2. The van der Waals surface area contributed by atoms with E-state index in [0.717, 1.165) is 6.07 Å². The van der Waals surface area contributed by atoms with E-state index in [-0.39, 0.29) is 21.7 Å². The van der Waals surface area contributed by atoms with Crippen LogP contribution in [0.2, 0.25) is 0 Å². The van der Waals surface area contributed by atoms with Crippen LogP contribution in [-0.2, 0) is 12.7 Å². The van der Waals surface area contributed by atoms with Crippen LogP contribution in [0.4, 0.5) is 28.9 Å². The number of rotatable bonds is 5. The van der Waals surface area contributed by atoms with Crippen molar-refractivity contribution in [3.8, 4) is 0 Å². The van der Waals surface area contributed by atoms with Gasteiger partial charge in [-0.2, -0.15) is 13.2 Å². The van der Waals surface area contributed by atoms with Gasteiger partial charge in [0, 0.05) is 22.4 Å². The first-order chi connectivity index (χ1) is 15.1. The number of amides is 1. The molecule has 0 fully saturated rings. The highest BCUT2D eigenvalue weighted by Crippen LogP contribution is 2.35. The molecule has 0 aliphatic carbocycles. The molecule has 0 aliphatic heterocycles. The molecule has 0 bridgehead atoms.